The molecule has 0 saturated carbocycles. The Morgan fingerprint density at radius 1 is 1.33 bits per heavy atom. The summed E-state index contributed by atoms with van der Waals surface area (Å²) in [6.45, 7) is 2.01. The molecule has 5 N–H and O–H groups in total. The maximum absolute atomic E-state index is 13.8. The van der Waals surface area contributed by atoms with Gasteiger partial charge in [0.2, 0.25) is 5.96 Å². The minimum absolute atomic E-state index is 0.144. The topological polar surface area (TPSA) is 135 Å². The zero-order valence-corrected chi connectivity index (χ0v) is 20.1. The number of oxazole rings is 1. The zero-order valence-electron chi connectivity index (χ0n) is 19.3. The van der Waals surface area contributed by atoms with E-state index in [1.54, 1.807) is 43.0 Å². The SMILES string of the molecule is CC1=C(C(=O)NCc2cnn(C)c2)C(c2ccc(F)cc2Cl)N=C(Nc2nc3cccc(N)c3o2)N1. The maximum Gasteiger partial charge on any atom is 0.302 e. The maximum atomic E-state index is 13.8. The van der Waals surface area contributed by atoms with Crippen LogP contribution in [0.3, 0.4) is 0 Å². The van der Waals surface area contributed by atoms with Gasteiger partial charge in [0.15, 0.2) is 5.58 Å². The molecule has 0 radical (unpaired) electrons. The van der Waals surface area contributed by atoms with E-state index < -0.39 is 11.9 Å². The largest absolute Gasteiger partial charge is 0.421 e. The van der Waals surface area contributed by atoms with Gasteiger partial charge in [0.05, 0.1) is 17.5 Å². The number of nitrogens with one attached hydrogen (secondary N) is 3. The first kappa shape index (κ1) is 23.4. The molecule has 0 spiro atoms. The molecule has 1 aliphatic rings. The van der Waals surface area contributed by atoms with E-state index in [1.165, 1.54) is 18.2 Å². The number of benzene rings is 2. The number of para-hydroxylation sites is 1. The highest BCUT2D eigenvalue weighted by Crippen LogP contribution is 2.35. The molecule has 1 atom stereocenters. The molecule has 2 aromatic heterocycles. The standard InChI is InChI=1S/C24H22ClFN8O2/c1-12-19(22(35)28-9-13-10-29-34(2)11-13)20(15-7-6-14(26)8-16(15)25)32-23(30-12)33-24-31-18-5-3-4-17(27)21(18)36-24/h3-8,10-11,20H,9,27H2,1-2H3,(H,28,35)(H2,30,31,32,33). The third-order valence-electron chi connectivity index (χ3n) is 5.63. The van der Waals surface area contributed by atoms with Gasteiger partial charge in [0, 0.05) is 41.6 Å². The molecule has 12 heteroatoms. The van der Waals surface area contributed by atoms with E-state index in [-0.39, 0.29) is 29.4 Å². The van der Waals surface area contributed by atoms with Gasteiger partial charge in [-0.1, -0.05) is 23.7 Å². The van der Waals surface area contributed by atoms with Gasteiger partial charge in [0.1, 0.15) is 17.4 Å². The number of aliphatic imine (C=N–C) groups is 1. The van der Waals surface area contributed by atoms with E-state index in [0.717, 1.165) is 5.56 Å². The van der Waals surface area contributed by atoms with E-state index in [4.69, 9.17) is 21.8 Å². The van der Waals surface area contributed by atoms with Crippen molar-refractivity contribution in [1.82, 2.24) is 25.4 Å². The van der Waals surface area contributed by atoms with Crippen LogP contribution in [0.2, 0.25) is 5.02 Å². The van der Waals surface area contributed by atoms with Gasteiger partial charge in [-0.2, -0.15) is 10.1 Å². The number of carbonyl (C=O) groups is 1. The van der Waals surface area contributed by atoms with Crippen molar-refractivity contribution < 1.29 is 13.6 Å². The minimum atomic E-state index is -0.829. The normalized spacial score (nSPS) is 15.6. The predicted octanol–water partition coefficient (Wildman–Crippen LogP) is 3.64. The lowest BCUT2D eigenvalue weighted by Gasteiger charge is -2.27. The molecule has 4 aromatic rings. The Morgan fingerprint density at radius 2 is 2.17 bits per heavy atom. The number of allylic oxidation sites excluding steroid dienone is 1. The van der Waals surface area contributed by atoms with Gasteiger partial charge in [-0.15, -0.1) is 0 Å². The fourth-order valence-electron chi connectivity index (χ4n) is 3.95. The molecule has 2 aromatic carbocycles. The summed E-state index contributed by atoms with van der Waals surface area (Å²) in [7, 11) is 1.80. The summed E-state index contributed by atoms with van der Waals surface area (Å²) in [5, 5.41) is 13.2. The molecule has 36 heavy (non-hydrogen) atoms. The number of aromatic nitrogens is 3. The second-order valence-electron chi connectivity index (χ2n) is 8.25. The van der Waals surface area contributed by atoms with Gasteiger partial charge in [-0.25, -0.2) is 9.38 Å². The average molecular weight is 509 g/mol. The van der Waals surface area contributed by atoms with E-state index in [0.29, 0.717) is 33.6 Å². The lowest BCUT2D eigenvalue weighted by molar-refractivity contribution is -0.118. The van der Waals surface area contributed by atoms with Crippen molar-refractivity contribution in [3.8, 4) is 0 Å². The quantitative estimate of drug-likeness (QED) is 0.302. The van der Waals surface area contributed by atoms with Gasteiger partial charge in [-0.05, 0) is 31.2 Å². The summed E-state index contributed by atoms with van der Waals surface area (Å²) >= 11 is 6.37. The number of nitrogens with two attached hydrogens (primary N) is 1. The summed E-state index contributed by atoms with van der Waals surface area (Å²) in [4.78, 5) is 22.3. The van der Waals surface area contributed by atoms with Crippen LogP contribution in [0.15, 0.2) is 69.5 Å². The van der Waals surface area contributed by atoms with Crippen LogP contribution in [0.4, 0.5) is 16.1 Å². The van der Waals surface area contributed by atoms with Crippen molar-refractivity contribution in [2.24, 2.45) is 12.0 Å². The number of carbonyl (C=O) groups excluding carboxylic acids is 1. The first-order valence-electron chi connectivity index (χ1n) is 11.0. The van der Waals surface area contributed by atoms with Crippen LogP contribution in [0.25, 0.3) is 11.1 Å². The van der Waals surface area contributed by atoms with Crippen molar-refractivity contribution in [2.75, 3.05) is 11.1 Å². The summed E-state index contributed by atoms with van der Waals surface area (Å²) in [6.07, 6.45) is 3.48. The van der Waals surface area contributed by atoms with E-state index in [1.807, 2.05) is 6.20 Å². The molecule has 0 bridgehead atoms. The fourth-order valence-corrected chi connectivity index (χ4v) is 4.22. The van der Waals surface area contributed by atoms with Crippen molar-refractivity contribution in [2.45, 2.75) is 19.5 Å². The van der Waals surface area contributed by atoms with Crippen molar-refractivity contribution in [1.29, 1.82) is 0 Å². The highest BCUT2D eigenvalue weighted by Gasteiger charge is 2.31. The summed E-state index contributed by atoms with van der Waals surface area (Å²) in [5.41, 5.74) is 9.60. The number of anilines is 2. The number of amides is 1. The summed E-state index contributed by atoms with van der Waals surface area (Å²) in [6, 6.07) is 8.56. The molecule has 0 aliphatic carbocycles. The van der Waals surface area contributed by atoms with Crippen molar-refractivity contribution >= 4 is 46.3 Å². The number of hydrogen-bond donors (Lipinski definition) is 4. The third kappa shape index (κ3) is 4.60. The first-order chi connectivity index (χ1) is 17.3. The lowest BCUT2D eigenvalue weighted by atomic mass is 9.95. The molecule has 1 unspecified atom stereocenters. The van der Waals surface area contributed by atoms with Crippen LogP contribution in [0, 0.1) is 5.82 Å². The molecule has 5 rings (SSSR count). The second-order valence-corrected chi connectivity index (χ2v) is 8.66. The van der Waals surface area contributed by atoms with E-state index in [2.05, 4.69) is 31.0 Å². The Bertz CT molecular complexity index is 1540. The number of fused-ring (bicyclic) bond motifs is 1. The molecular formula is C24H22ClFN8O2. The van der Waals surface area contributed by atoms with Crippen LogP contribution >= 0.6 is 11.6 Å². The molecular weight excluding hydrogens is 487 g/mol. The minimum Gasteiger partial charge on any atom is -0.421 e. The Labute approximate surface area is 210 Å². The molecule has 10 nitrogen and oxygen atoms in total. The number of halogens is 2. The number of rotatable bonds is 5. The molecule has 0 saturated heterocycles. The lowest BCUT2D eigenvalue weighted by Crippen LogP contribution is -2.39. The highest BCUT2D eigenvalue weighted by atomic mass is 35.5. The Morgan fingerprint density at radius 3 is 2.89 bits per heavy atom. The summed E-state index contributed by atoms with van der Waals surface area (Å²) in [5.74, 6) is -0.578. The molecule has 184 valence electrons. The van der Waals surface area contributed by atoms with Gasteiger partial charge in [-0.3, -0.25) is 14.8 Å². The first-order valence-corrected chi connectivity index (χ1v) is 11.3. The number of guanidine groups is 1. The monoisotopic (exact) mass is 508 g/mol. The van der Waals surface area contributed by atoms with Crippen LogP contribution < -0.4 is 21.7 Å². The smallest absolute Gasteiger partial charge is 0.302 e. The van der Waals surface area contributed by atoms with Crippen LogP contribution in [0.5, 0.6) is 0 Å². The zero-order chi connectivity index (χ0) is 25.4. The average Bonchev–Trinajstić information content (AvgIpc) is 3.43. The van der Waals surface area contributed by atoms with E-state index >= 15 is 0 Å². The number of aryl methyl sites for hydroxylation is 1. The van der Waals surface area contributed by atoms with Crippen LogP contribution in [-0.4, -0.2) is 26.6 Å². The second kappa shape index (κ2) is 9.34. The number of nitrogens with zero attached hydrogens (tertiary/aromatic N) is 4. The Balaban J connectivity index is 1.47. The van der Waals surface area contributed by atoms with E-state index in [9.17, 15) is 9.18 Å². The Hall–Kier alpha value is -4.38. The van der Waals surface area contributed by atoms with Crippen LogP contribution in [0.1, 0.15) is 24.1 Å². The molecule has 0 fully saturated rings. The number of hydrogen-bond acceptors (Lipinski definition) is 8. The van der Waals surface area contributed by atoms with Crippen LogP contribution in [-0.2, 0) is 18.4 Å². The number of nitrogen functional groups attached to an aromatic ring is 1. The predicted molar refractivity (Wildman–Crippen MR) is 135 cm³/mol. The van der Waals surface area contributed by atoms with Crippen molar-refractivity contribution in [3.63, 3.8) is 0 Å². The Kier molecular flexibility index (Phi) is 6.06. The van der Waals surface area contributed by atoms with Gasteiger partial charge >= 0.3 is 6.01 Å². The summed E-state index contributed by atoms with van der Waals surface area (Å²) < 4.78 is 21.2. The third-order valence-corrected chi connectivity index (χ3v) is 5.95. The molecule has 1 amide bonds. The van der Waals surface area contributed by atoms with Gasteiger partial charge in [0.25, 0.3) is 5.91 Å². The van der Waals surface area contributed by atoms with Gasteiger partial charge < -0.3 is 20.8 Å². The van der Waals surface area contributed by atoms with Crippen molar-refractivity contribution in [3.05, 3.63) is 82.0 Å². The highest BCUT2D eigenvalue weighted by molar-refractivity contribution is 6.31. The molecule has 1 aliphatic heterocycles. The fraction of sp³-hybridized carbons (Fsp3) is 0.167. The molecule has 3 heterocycles.